The monoisotopic (exact) mass is 328 g/mol. The van der Waals surface area contributed by atoms with Crippen molar-refractivity contribution < 1.29 is 18.3 Å². The van der Waals surface area contributed by atoms with Gasteiger partial charge < -0.3 is 10.5 Å². The number of primary amides is 1. The Hall–Kier alpha value is -1.69. The molecular weight excluding hydrogens is 302 g/mol. The molecule has 0 radical (unpaired) electrons. The average molecular weight is 328 g/mol. The lowest BCUT2D eigenvalue weighted by Gasteiger charge is -2.22. The molecule has 0 fully saturated rings. The number of unbranched alkanes of at least 4 members (excludes halogenated alkanes) is 2. The van der Waals surface area contributed by atoms with Crippen LogP contribution in [0.2, 0.25) is 0 Å². The molecule has 0 heterocycles. The number of alkyl halides is 2. The smallest absolute Gasteiger partial charge is 0.387 e. The van der Waals surface area contributed by atoms with Gasteiger partial charge in [-0.2, -0.15) is 8.78 Å². The Morgan fingerprint density at radius 2 is 1.87 bits per heavy atom. The second-order valence-electron chi connectivity index (χ2n) is 5.82. The maximum atomic E-state index is 12.4. The van der Waals surface area contributed by atoms with Crippen molar-refractivity contribution in [2.45, 2.75) is 53.2 Å². The molecular formula is C17H26F2N2O2. The molecule has 0 aliphatic rings. The zero-order valence-corrected chi connectivity index (χ0v) is 14.1. The third-order valence-electron chi connectivity index (χ3n) is 3.59. The van der Waals surface area contributed by atoms with Gasteiger partial charge in [-0.15, -0.1) is 0 Å². The van der Waals surface area contributed by atoms with Crippen LogP contribution in [0.1, 0.15) is 42.9 Å². The summed E-state index contributed by atoms with van der Waals surface area (Å²) in [6.07, 6.45) is 3.19. The highest BCUT2D eigenvalue weighted by atomic mass is 19.3. The molecule has 2 N–H and O–H groups in total. The number of halogens is 2. The van der Waals surface area contributed by atoms with Gasteiger partial charge in [-0.1, -0.05) is 31.9 Å². The summed E-state index contributed by atoms with van der Waals surface area (Å²) in [5, 5.41) is 0. The first-order valence-electron chi connectivity index (χ1n) is 7.89. The first-order chi connectivity index (χ1) is 10.8. The van der Waals surface area contributed by atoms with E-state index in [1.54, 1.807) is 13.8 Å². The van der Waals surface area contributed by atoms with E-state index in [2.05, 4.69) is 11.7 Å². The molecule has 0 bridgehead atoms. The fourth-order valence-electron chi connectivity index (χ4n) is 2.68. The zero-order chi connectivity index (χ0) is 17.4. The summed E-state index contributed by atoms with van der Waals surface area (Å²) in [6.45, 7) is 4.30. The van der Waals surface area contributed by atoms with Crippen molar-refractivity contribution in [3.63, 3.8) is 0 Å². The van der Waals surface area contributed by atoms with Crippen molar-refractivity contribution in [2.75, 3.05) is 13.1 Å². The fourth-order valence-corrected chi connectivity index (χ4v) is 2.68. The Morgan fingerprint density at radius 1 is 1.26 bits per heavy atom. The number of hydrogen-bond acceptors (Lipinski definition) is 3. The lowest BCUT2D eigenvalue weighted by Crippen LogP contribution is -2.34. The second kappa shape index (κ2) is 9.45. The highest BCUT2D eigenvalue weighted by Gasteiger charge is 2.14. The van der Waals surface area contributed by atoms with Crippen LogP contribution in [0.3, 0.4) is 0 Å². The summed E-state index contributed by atoms with van der Waals surface area (Å²) >= 11 is 0. The maximum absolute atomic E-state index is 12.4. The molecule has 0 aliphatic carbocycles. The normalized spacial score (nSPS) is 11.3. The van der Waals surface area contributed by atoms with Gasteiger partial charge in [0.15, 0.2) is 0 Å². The molecule has 0 saturated heterocycles. The summed E-state index contributed by atoms with van der Waals surface area (Å²) in [5.74, 6) is -0.149. The number of benzene rings is 1. The predicted octanol–water partition coefficient (Wildman–Crippen LogP) is 3.38. The quantitative estimate of drug-likeness (QED) is 0.670. The van der Waals surface area contributed by atoms with Gasteiger partial charge in [0.1, 0.15) is 5.75 Å². The van der Waals surface area contributed by atoms with E-state index in [0.29, 0.717) is 17.7 Å². The number of aryl methyl sites for hydroxylation is 2. The van der Waals surface area contributed by atoms with Crippen molar-refractivity contribution in [1.82, 2.24) is 4.90 Å². The van der Waals surface area contributed by atoms with Crippen molar-refractivity contribution in [2.24, 2.45) is 5.73 Å². The molecule has 1 aromatic carbocycles. The van der Waals surface area contributed by atoms with Crippen molar-refractivity contribution in [3.05, 3.63) is 28.8 Å². The van der Waals surface area contributed by atoms with Crippen LogP contribution in [0, 0.1) is 13.8 Å². The van der Waals surface area contributed by atoms with E-state index in [4.69, 9.17) is 5.73 Å². The zero-order valence-electron chi connectivity index (χ0n) is 14.1. The third kappa shape index (κ3) is 6.95. The van der Waals surface area contributed by atoms with Gasteiger partial charge in [0.2, 0.25) is 5.91 Å². The largest absolute Gasteiger partial charge is 0.434 e. The first-order valence-corrected chi connectivity index (χ1v) is 7.89. The predicted molar refractivity (Wildman–Crippen MR) is 86.5 cm³/mol. The van der Waals surface area contributed by atoms with E-state index in [-0.39, 0.29) is 18.2 Å². The van der Waals surface area contributed by atoms with E-state index >= 15 is 0 Å². The standard InChI is InChI=1S/C17H26F2N2O2/c1-4-5-6-7-21(11-15(20)22)10-14-8-12(2)16(13(3)9-14)23-17(18)19/h8-9,17H,4-7,10-11H2,1-3H3,(H2,20,22). The summed E-state index contributed by atoms with van der Waals surface area (Å²) < 4.78 is 29.4. The summed E-state index contributed by atoms with van der Waals surface area (Å²) in [4.78, 5) is 13.2. The molecule has 0 aromatic heterocycles. The summed E-state index contributed by atoms with van der Waals surface area (Å²) in [7, 11) is 0. The Kier molecular flexibility index (Phi) is 7.95. The topological polar surface area (TPSA) is 55.6 Å². The number of nitrogens with two attached hydrogens (primary N) is 1. The van der Waals surface area contributed by atoms with Crippen LogP contribution < -0.4 is 10.5 Å². The maximum Gasteiger partial charge on any atom is 0.387 e. The Labute approximate surface area is 136 Å². The van der Waals surface area contributed by atoms with Gasteiger partial charge in [0.05, 0.1) is 6.54 Å². The number of nitrogens with zero attached hydrogens (tertiary/aromatic N) is 1. The van der Waals surface area contributed by atoms with E-state index in [1.807, 2.05) is 17.0 Å². The third-order valence-corrected chi connectivity index (χ3v) is 3.59. The summed E-state index contributed by atoms with van der Waals surface area (Å²) in [5.41, 5.74) is 7.58. The van der Waals surface area contributed by atoms with E-state index in [9.17, 15) is 13.6 Å². The molecule has 0 atom stereocenters. The van der Waals surface area contributed by atoms with Gasteiger partial charge in [-0.3, -0.25) is 9.69 Å². The number of ether oxygens (including phenoxy) is 1. The number of hydrogen-bond donors (Lipinski definition) is 1. The Balaban J connectivity index is 2.84. The molecule has 6 heteroatoms. The van der Waals surface area contributed by atoms with Crippen molar-refractivity contribution in [3.8, 4) is 5.75 Å². The fraction of sp³-hybridized carbons (Fsp3) is 0.588. The molecule has 0 unspecified atom stereocenters. The minimum Gasteiger partial charge on any atom is -0.434 e. The van der Waals surface area contributed by atoms with Gasteiger partial charge in [-0.05, 0) is 43.5 Å². The SMILES string of the molecule is CCCCCN(CC(N)=O)Cc1cc(C)c(OC(F)F)c(C)c1. The average Bonchev–Trinajstić information content (AvgIpc) is 2.42. The van der Waals surface area contributed by atoms with E-state index in [0.717, 1.165) is 31.4 Å². The minimum absolute atomic E-state index is 0.192. The first kappa shape index (κ1) is 19.4. The van der Waals surface area contributed by atoms with Crippen LogP contribution in [0.15, 0.2) is 12.1 Å². The Bertz CT molecular complexity index is 498. The van der Waals surface area contributed by atoms with Crippen LogP contribution in [0.4, 0.5) is 8.78 Å². The molecule has 0 spiro atoms. The minimum atomic E-state index is -2.83. The number of rotatable bonds is 10. The van der Waals surface area contributed by atoms with Crippen LogP contribution in [-0.2, 0) is 11.3 Å². The Morgan fingerprint density at radius 3 is 2.35 bits per heavy atom. The highest BCUT2D eigenvalue weighted by molar-refractivity contribution is 5.75. The van der Waals surface area contributed by atoms with Crippen molar-refractivity contribution in [1.29, 1.82) is 0 Å². The molecule has 1 amide bonds. The lowest BCUT2D eigenvalue weighted by atomic mass is 10.0. The van der Waals surface area contributed by atoms with Crippen LogP contribution in [-0.4, -0.2) is 30.5 Å². The van der Waals surface area contributed by atoms with Crippen LogP contribution in [0.25, 0.3) is 0 Å². The molecule has 1 aromatic rings. The molecule has 0 aliphatic heterocycles. The van der Waals surface area contributed by atoms with Gasteiger partial charge >= 0.3 is 6.61 Å². The molecule has 0 saturated carbocycles. The number of amides is 1. The molecule has 4 nitrogen and oxygen atoms in total. The van der Waals surface area contributed by atoms with Gasteiger partial charge in [-0.25, -0.2) is 0 Å². The second-order valence-corrected chi connectivity index (χ2v) is 5.82. The molecule has 130 valence electrons. The van der Waals surface area contributed by atoms with E-state index in [1.165, 1.54) is 0 Å². The van der Waals surface area contributed by atoms with Gasteiger partial charge in [0, 0.05) is 6.54 Å². The molecule has 23 heavy (non-hydrogen) atoms. The van der Waals surface area contributed by atoms with E-state index < -0.39 is 6.61 Å². The van der Waals surface area contributed by atoms with Crippen LogP contribution >= 0.6 is 0 Å². The molecule has 1 rings (SSSR count). The number of carbonyl (C=O) groups excluding carboxylic acids is 1. The van der Waals surface area contributed by atoms with Crippen LogP contribution in [0.5, 0.6) is 5.75 Å². The summed E-state index contributed by atoms with van der Waals surface area (Å²) in [6, 6.07) is 3.64. The highest BCUT2D eigenvalue weighted by Crippen LogP contribution is 2.27. The number of carbonyl (C=O) groups is 1. The van der Waals surface area contributed by atoms with Gasteiger partial charge in [0.25, 0.3) is 0 Å². The van der Waals surface area contributed by atoms with Crippen molar-refractivity contribution >= 4 is 5.91 Å². The lowest BCUT2D eigenvalue weighted by molar-refractivity contribution is -0.119.